The first-order chi connectivity index (χ1) is 10.7. The van der Waals surface area contributed by atoms with Crippen molar-refractivity contribution in [3.8, 4) is 0 Å². The number of hydrogen-bond acceptors (Lipinski definition) is 4. The van der Waals surface area contributed by atoms with Gasteiger partial charge in [0, 0.05) is 26.2 Å². The molecule has 0 radical (unpaired) electrons. The van der Waals surface area contributed by atoms with Crippen molar-refractivity contribution >= 4 is 0 Å². The van der Waals surface area contributed by atoms with E-state index in [0.717, 1.165) is 38.1 Å². The molecule has 0 aromatic carbocycles. The predicted octanol–water partition coefficient (Wildman–Crippen LogP) is 2.23. The van der Waals surface area contributed by atoms with Crippen molar-refractivity contribution in [1.29, 1.82) is 0 Å². The Kier molecular flexibility index (Phi) is 6.14. The molecule has 3 rings (SSSR count). The first-order valence-corrected chi connectivity index (χ1v) is 9.37. The van der Waals surface area contributed by atoms with Gasteiger partial charge in [-0.1, -0.05) is 0 Å². The van der Waals surface area contributed by atoms with Gasteiger partial charge in [0.15, 0.2) is 0 Å². The van der Waals surface area contributed by atoms with Crippen molar-refractivity contribution in [2.75, 3.05) is 52.5 Å². The molecule has 22 heavy (non-hydrogen) atoms. The van der Waals surface area contributed by atoms with Crippen LogP contribution in [-0.2, 0) is 9.47 Å². The van der Waals surface area contributed by atoms with E-state index in [-0.39, 0.29) is 0 Å². The Morgan fingerprint density at radius 1 is 0.909 bits per heavy atom. The molecule has 3 fully saturated rings. The summed E-state index contributed by atoms with van der Waals surface area (Å²) >= 11 is 0. The van der Waals surface area contributed by atoms with Crippen LogP contribution < -0.4 is 0 Å². The Balaban J connectivity index is 1.31. The molecule has 0 amide bonds. The second-order valence-corrected chi connectivity index (χ2v) is 7.78. The van der Waals surface area contributed by atoms with Crippen LogP contribution in [0.15, 0.2) is 0 Å². The van der Waals surface area contributed by atoms with Gasteiger partial charge in [-0.2, -0.15) is 0 Å². The highest BCUT2D eigenvalue weighted by Crippen LogP contribution is 2.24. The van der Waals surface area contributed by atoms with E-state index in [1.54, 1.807) is 0 Å². The van der Waals surface area contributed by atoms with Gasteiger partial charge in [-0.15, -0.1) is 0 Å². The van der Waals surface area contributed by atoms with E-state index < -0.39 is 0 Å². The van der Waals surface area contributed by atoms with Gasteiger partial charge in [-0.3, -0.25) is 4.90 Å². The molecule has 3 aliphatic heterocycles. The summed E-state index contributed by atoms with van der Waals surface area (Å²) in [7, 11) is 0. The number of piperidine rings is 1. The molecule has 0 aromatic rings. The third kappa shape index (κ3) is 4.92. The zero-order valence-electron chi connectivity index (χ0n) is 14.5. The van der Waals surface area contributed by atoms with Gasteiger partial charge >= 0.3 is 0 Å². The zero-order chi connectivity index (χ0) is 15.4. The van der Waals surface area contributed by atoms with E-state index in [9.17, 15) is 0 Å². The summed E-state index contributed by atoms with van der Waals surface area (Å²) in [6.45, 7) is 13.8. The van der Waals surface area contributed by atoms with Gasteiger partial charge in [0.25, 0.3) is 0 Å². The van der Waals surface area contributed by atoms with Crippen molar-refractivity contribution in [1.82, 2.24) is 9.80 Å². The van der Waals surface area contributed by atoms with Gasteiger partial charge in [0.2, 0.25) is 0 Å². The first kappa shape index (κ1) is 16.7. The van der Waals surface area contributed by atoms with Crippen molar-refractivity contribution in [2.24, 2.45) is 11.8 Å². The maximum Gasteiger partial charge on any atom is 0.0678 e. The molecule has 0 aliphatic carbocycles. The van der Waals surface area contributed by atoms with E-state index in [1.807, 2.05) is 0 Å². The van der Waals surface area contributed by atoms with Crippen LogP contribution in [0.4, 0.5) is 0 Å². The van der Waals surface area contributed by atoms with E-state index in [1.165, 1.54) is 51.9 Å². The SMILES string of the molecule is C[C@@H]1CN(CCC2CCN(C[C@H]3CCOC3)CC2)C[C@@H](C)O1. The molecule has 3 saturated heterocycles. The third-order valence-corrected chi connectivity index (χ3v) is 5.60. The molecule has 3 heterocycles. The average molecular weight is 310 g/mol. The first-order valence-electron chi connectivity index (χ1n) is 9.37. The summed E-state index contributed by atoms with van der Waals surface area (Å²) in [6, 6.07) is 0. The van der Waals surface area contributed by atoms with Crippen molar-refractivity contribution in [3.63, 3.8) is 0 Å². The molecule has 0 aromatic heterocycles. The normalized spacial score (nSPS) is 36.0. The lowest BCUT2D eigenvalue weighted by molar-refractivity contribution is -0.0693. The molecular weight excluding hydrogens is 276 g/mol. The lowest BCUT2D eigenvalue weighted by atomic mass is 9.92. The van der Waals surface area contributed by atoms with Crippen LogP contribution in [0.1, 0.15) is 39.5 Å². The van der Waals surface area contributed by atoms with Gasteiger partial charge < -0.3 is 14.4 Å². The second-order valence-electron chi connectivity index (χ2n) is 7.78. The fourth-order valence-corrected chi connectivity index (χ4v) is 4.38. The van der Waals surface area contributed by atoms with Crippen molar-refractivity contribution in [2.45, 2.75) is 51.7 Å². The topological polar surface area (TPSA) is 24.9 Å². The highest BCUT2D eigenvalue weighted by Gasteiger charge is 2.26. The molecule has 0 spiro atoms. The second kappa shape index (κ2) is 8.09. The third-order valence-electron chi connectivity index (χ3n) is 5.60. The largest absolute Gasteiger partial charge is 0.381 e. The fraction of sp³-hybridized carbons (Fsp3) is 1.00. The van der Waals surface area contributed by atoms with E-state index >= 15 is 0 Å². The van der Waals surface area contributed by atoms with Crippen molar-refractivity contribution in [3.05, 3.63) is 0 Å². The monoisotopic (exact) mass is 310 g/mol. The van der Waals surface area contributed by atoms with Gasteiger partial charge in [-0.25, -0.2) is 0 Å². The average Bonchev–Trinajstić information content (AvgIpc) is 2.98. The summed E-state index contributed by atoms with van der Waals surface area (Å²) in [5.41, 5.74) is 0. The lowest BCUT2D eigenvalue weighted by Gasteiger charge is -2.37. The maximum absolute atomic E-state index is 5.83. The molecule has 0 N–H and O–H groups in total. The summed E-state index contributed by atoms with van der Waals surface area (Å²) in [4.78, 5) is 5.29. The minimum atomic E-state index is 0.402. The van der Waals surface area contributed by atoms with E-state index in [2.05, 4.69) is 23.6 Å². The lowest BCUT2D eigenvalue weighted by Crippen LogP contribution is -2.46. The van der Waals surface area contributed by atoms with Crippen LogP contribution in [0, 0.1) is 11.8 Å². The molecule has 128 valence electrons. The Morgan fingerprint density at radius 3 is 2.27 bits per heavy atom. The van der Waals surface area contributed by atoms with E-state index in [4.69, 9.17) is 9.47 Å². The molecule has 0 unspecified atom stereocenters. The Hall–Kier alpha value is -0.160. The minimum absolute atomic E-state index is 0.402. The molecule has 4 heteroatoms. The molecule has 3 aliphatic rings. The summed E-state index contributed by atoms with van der Waals surface area (Å²) in [6.07, 6.45) is 6.23. The Morgan fingerprint density at radius 2 is 1.64 bits per heavy atom. The van der Waals surface area contributed by atoms with Gasteiger partial charge in [0.1, 0.15) is 0 Å². The van der Waals surface area contributed by atoms with Gasteiger partial charge in [0.05, 0.1) is 18.8 Å². The molecule has 0 saturated carbocycles. The molecule has 0 bridgehead atoms. The van der Waals surface area contributed by atoms with Crippen LogP contribution >= 0.6 is 0 Å². The van der Waals surface area contributed by atoms with Gasteiger partial charge in [-0.05, 0) is 71.0 Å². The van der Waals surface area contributed by atoms with E-state index in [0.29, 0.717) is 12.2 Å². The quantitative estimate of drug-likeness (QED) is 0.777. The maximum atomic E-state index is 5.83. The molecule has 4 nitrogen and oxygen atoms in total. The van der Waals surface area contributed by atoms with Crippen LogP contribution in [0.2, 0.25) is 0 Å². The zero-order valence-corrected chi connectivity index (χ0v) is 14.5. The molecular formula is C18H34N2O2. The smallest absolute Gasteiger partial charge is 0.0678 e. The standard InChI is InChI=1S/C18H34N2O2/c1-15-11-20(12-16(2)22-15)9-5-17-3-7-19(8-4-17)13-18-6-10-21-14-18/h15-18H,3-14H2,1-2H3/t15-,16-,18-/m1/s1. The number of hydrogen-bond donors (Lipinski definition) is 0. The highest BCUT2D eigenvalue weighted by molar-refractivity contribution is 4.78. The predicted molar refractivity (Wildman–Crippen MR) is 89.2 cm³/mol. The fourth-order valence-electron chi connectivity index (χ4n) is 4.38. The van der Waals surface area contributed by atoms with Crippen LogP contribution in [-0.4, -0.2) is 74.5 Å². The minimum Gasteiger partial charge on any atom is -0.381 e. The summed E-state index contributed by atoms with van der Waals surface area (Å²) in [5, 5.41) is 0. The van der Waals surface area contributed by atoms with Crippen LogP contribution in [0.3, 0.4) is 0 Å². The number of nitrogens with zero attached hydrogens (tertiary/aromatic N) is 2. The summed E-state index contributed by atoms with van der Waals surface area (Å²) < 4.78 is 11.3. The number of rotatable bonds is 5. The Bertz CT molecular complexity index is 315. The van der Waals surface area contributed by atoms with Crippen LogP contribution in [0.25, 0.3) is 0 Å². The summed E-state index contributed by atoms with van der Waals surface area (Å²) in [5.74, 6) is 1.73. The Labute approximate surface area is 136 Å². The van der Waals surface area contributed by atoms with Crippen molar-refractivity contribution < 1.29 is 9.47 Å². The highest BCUT2D eigenvalue weighted by atomic mass is 16.5. The number of ether oxygens (including phenoxy) is 2. The number of morpholine rings is 1. The molecule has 3 atom stereocenters. The van der Waals surface area contributed by atoms with Crippen LogP contribution in [0.5, 0.6) is 0 Å². The number of likely N-dealkylation sites (tertiary alicyclic amines) is 1.